The Balaban J connectivity index is 2.21. The highest BCUT2D eigenvalue weighted by Gasteiger charge is 1.99. The molecular weight excluding hydrogens is 224 g/mol. The van der Waals surface area contributed by atoms with Crippen LogP contribution in [-0.2, 0) is 16.6 Å². The average molecular weight is 236 g/mol. The third-order valence-corrected chi connectivity index (χ3v) is 3.79. The van der Waals surface area contributed by atoms with Crippen LogP contribution in [-0.4, -0.2) is 10.5 Å². The van der Waals surface area contributed by atoms with Gasteiger partial charge in [-0.2, -0.15) is 0 Å². The largest absolute Gasteiger partial charge is 0.260 e. The van der Waals surface area contributed by atoms with E-state index in [9.17, 15) is 4.21 Å². The van der Waals surface area contributed by atoms with Gasteiger partial charge in [0.05, 0.1) is 0 Å². The van der Waals surface area contributed by atoms with E-state index in [1.807, 2.05) is 0 Å². The molecule has 1 nitrogen and oxygen atoms in total. The number of thiophene rings is 1. The topological polar surface area (TPSA) is 17.1 Å². The van der Waals surface area contributed by atoms with Gasteiger partial charge in [0.25, 0.3) is 0 Å². The molecule has 2 aromatic rings. The van der Waals surface area contributed by atoms with Crippen molar-refractivity contribution in [3.63, 3.8) is 0 Å². The predicted molar refractivity (Wildman–Crippen MR) is 67.5 cm³/mol. The van der Waals surface area contributed by atoms with Crippen LogP contribution in [0.25, 0.3) is 10.4 Å². The lowest BCUT2D eigenvalue weighted by molar-refractivity contribution is 0.686. The van der Waals surface area contributed by atoms with Gasteiger partial charge in [0.2, 0.25) is 0 Å². The third-order valence-electron chi connectivity index (χ3n) is 2.13. The fourth-order valence-electron chi connectivity index (χ4n) is 1.44. The van der Waals surface area contributed by atoms with Gasteiger partial charge >= 0.3 is 0 Å². The molecule has 0 saturated heterocycles. The summed E-state index contributed by atoms with van der Waals surface area (Å²) in [6.07, 6.45) is 1.73. The van der Waals surface area contributed by atoms with E-state index in [1.54, 1.807) is 17.6 Å². The highest BCUT2D eigenvalue weighted by Crippen LogP contribution is 2.24. The van der Waals surface area contributed by atoms with E-state index in [4.69, 9.17) is 0 Å². The number of benzene rings is 1. The van der Waals surface area contributed by atoms with Gasteiger partial charge in [-0.15, -0.1) is 11.3 Å². The Labute approximate surface area is 96.2 Å². The third kappa shape index (κ3) is 2.76. The highest BCUT2D eigenvalue weighted by molar-refractivity contribution is 7.83. The van der Waals surface area contributed by atoms with Crippen molar-refractivity contribution >= 4 is 22.1 Å². The molecule has 0 radical (unpaired) electrons. The maximum absolute atomic E-state index is 11.0. The van der Waals surface area contributed by atoms with E-state index in [0.717, 1.165) is 5.56 Å². The zero-order valence-electron chi connectivity index (χ0n) is 8.47. The normalized spacial score (nSPS) is 12.6. The van der Waals surface area contributed by atoms with E-state index in [2.05, 4.69) is 41.8 Å². The first-order chi connectivity index (χ1) is 7.25. The van der Waals surface area contributed by atoms with Gasteiger partial charge < -0.3 is 0 Å². The monoisotopic (exact) mass is 236 g/mol. The molecule has 0 bridgehead atoms. The van der Waals surface area contributed by atoms with Crippen LogP contribution in [0, 0.1) is 0 Å². The molecule has 1 aromatic heterocycles. The summed E-state index contributed by atoms with van der Waals surface area (Å²) >= 11 is 1.74. The van der Waals surface area contributed by atoms with Crippen molar-refractivity contribution in [2.75, 3.05) is 6.26 Å². The molecular formula is C12H12OS2. The van der Waals surface area contributed by atoms with E-state index in [0.29, 0.717) is 5.75 Å². The number of rotatable bonds is 3. The zero-order chi connectivity index (χ0) is 10.7. The molecule has 0 fully saturated rings. The molecule has 78 valence electrons. The second kappa shape index (κ2) is 4.73. The van der Waals surface area contributed by atoms with Crippen molar-refractivity contribution in [1.29, 1.82) is 0 Å². The van der Waals surface area contributed by atoms with Gasteiger partial charge in [-0.1, -0.05) is 30.3 Å². The predicted octanol–water partition coefficient (Wildman–Crippen LogP) is 3.29. The molecule has 15 heavy (non-hydrogen) atoms. The van der Waals surface area contributed by atoms with E-state index >= 15 is 0 Å². The smallest absolute Gasteiger partial charge is 0.0482 e. The van der Waals surface area contributed by atoms with Crippen molar-refractivity contribution in [2.45, 2.75) is 5.75 Å². The second-order valence-corrected chi connectivity index (χ2v) is 5.77. The molecule has 0 aliphatic carbocycles. The Morgan fingerprint density at radius 1 is 1.20 bits per heavy atom. The average Bonchev–Trinajstić information content (AvgIpc) is 2.71. The summed E-state index contributed by atoms with van der Waals surface area (Å²) in [5, 5.41) is 2.07. The van der Waals surface area contributed by atoms with Crippen LogP contribution in [0.15, 0.2) is 41.8 Å². The summed E-state index contributed by atoms with van der Waals surface area (Å²) in [7, 11) is -0.757. The van der Waals surface area contributed by atoms with Crippen LogP contribution >= 0.6 is 11.3 Å². The van der Waals surface area contributed by atoms with Crippen molar-refractivity contribution in [3.8, 4) is 10.4 Å². The first kappa shape index (κ1) is 10.6. The molecule has 2 rings (SSSR count). The van der Waals surface area contributed by atoms with E-state index < -0.39 is 10.8 Å². The molecule has 1 unspecified atom stereocenters. The summed E-state index contributed by atoms with van der Waals surface area (Å²) < 4.78 is 11.0. The van der Waals surface area contributed by atoms with Gasteiger partial charge in [0, 0.05) is 27.7 Å². The first-order valence-corrected chi connectivity index (χ1v) is 7.29. The molecule has 0 saturated carbocycles. The second-order valence-electron chi connectivity index (χ2n) is 3.39. The lowest BCUT2D eigenvalue weighted by Gasteiger charge is -2.00. The maximum atomic E-state index is 11.0. The van der Waals surface area contributed by atoms with Crippen LogP contribution in [0.1, 0.15) is 5.56 Å². The lowest BCUT2D eigenvalue weighted by Crippen LogP contribution is -1.91. The van der Waals surface area contributed by atoms with Crippen LogP contribution in [0.3, 0.4) is 0 Å². The van der Waals surface area contributed by atoms with Gasteiger partial charge in [0.15, 0.2) is 0 Å². The SMILES string of the molecule is CS(=O)Cc1ccc(-c2cccs2)cc1. The van der Waals surface area contributed by atoms with Crippen LogP contribution < -0.4 is 0 Å². The molecule has 0 N–H and O–H groups in total. The summed E-state index contributed by atoms with van der Waals surface area (Å²) in [5.74, 6) is 0.644. The van der Waals surface area contributed by atoms with Crippen LogP contribution in [0.5, 0.6) is 0 Å². The highest BCUT2D eigenvalue weighted by atomic mass is 32.2. The van der Waals surface area contributed by atoms with Crippen molar-refractivity contribution in [2.24, 2.45) is 0 Å². The van der Waals surface area contributed by atoms with Gasteiger partial charge in [-0.25, -0.2) is 0 Å². The molecule has 0 spiro atoms. The molecule has 1 atom stereocenters. The number of hydrogen-bond acceptors (Lipinski definition) is 2. The molecule has 1 aromatic carbocycles. The molecule has 3 heteroatoms. The minimum Gasteiger partial charge on any atom is -0.260 e. The standard InChI is InChI=1S/C12H12OS2/c1-15(13)9-10-4-6-11(7-5-10)12-3-2-8-14-12/h2-8H,9H2,1H3. The zero-order valence-corrected chi connectivity index (χ0v) is 10.1. The summed E-state index contributed by atoms with van der Waals surface area (Å²) in [6.45, 7) is 0. The Bertz CT molecular complexity index is 443. The van der Waals surface area contributed by atoms with Crippen molar-refractivity contribution in [3.05, 3.63) is 47.3 Å². The minimum atomic E-state index is -0.757. The Morgan fingerprint density at radius 3 is 2.47 bits per heavy atom. The number of hydrogen-bond donors (Lipinski definition) is 0. The van der Waals surface area contributed by atoms with Crippen LogP contribution in [0.2, 0.25) is 0 Å². The Hall–Kier alpha value is -0.930. The van der Waals surface area contributed by atoms with Gasteiger partial charge in [-0.05, 0) is 22.6 Å². The van der Waals surface area contributed by atoms with E-state index in [1.165, 1.54) is 10.4 Å². The maximum Gasteiger partial charge on any atom is 0.0482 e. The molecule has 1 heterocycles. The summed E-state index contributed by atoms with van der Waals surface area (Å²) in [6, 6.07) is 12.4. The fraction of sp³-hybridized carbons (Fsp3) is 0.167. The molecule has 0 amide bonds. The molecule has 0 aliphatic heterocycles. The lowest BCUT2D eigenvalue weighted by atomic mass is 10.1. The molecule has 0 aliphatic rings. The van der Waals surface area contributed by atoms with E-state index in [-0.39, 0.29) is 0 Å². The first-order valence-electron chi connectivity index (χ1n) is 4.68. The summed E-state index contributed by atoms with van der Waals surface area (Å²) in [5.41, 5.74) is 2.37. The Kier molecular flexibility index (Phi) is 3.34. The quantitative estimate of drug-likeness (QED) is 0.799. The minimum absolute atomic E-state index is 0.644. The van der Waals surface area contributed by atoms with Crippen molar-refractivity contribution in [1.82, 2.24) is 0 Å². The fourth-order valence-corrected chi connectivity index (χ4v) is 2.84. The van der Waals surface area contributed by atoms with Gasteiger partial charge in [-0.3, -0.25) is 4.21 Å². The van der Waals surface area contributed by atoms with Crippen molar-refractivity contribution < 1.29 is 4.21 Å². The van der Waals surface area contributed by atoms with Gasteiger partial charge in [0.1, 0.15) is 0 Å². The van der Waals surface area contributed by atoms with Crippen LogP contribution in [0.4, 0.5) is 0 Å². The summed E-state index contributed by atoms with van der Waals surface area (Å²) in [4.78, 5) is 1.28. The Morgan fingerprint density at radius 2 is 1.93 bits per heavy atom.